The number of nitrogens with zero attached hydrogens (tertiary/aromatic N) is 1. The highest BCUT2D eigenvalue weighted by atomic mass is 16.2. The summed E-state index contributed by atoms with van der Waals surface area (Å²) in [7, 11) is 6.15. The van der Waals surface area contributed by atoms with Crippen LogP contribution >= 0.6 is 0 Å². The molecule has 2 radical (unpaired) electrons. The number of urea groups is 1. The Kier molecular flexibility index (Phi) is 6.06. The second kappa shape index (κ2) is 8.67. The molecule has 0 spiro atoms. The van der Waals surface area contributed by atoms with Gasteiger partial charge < -0.3 is 21.3 Å². The summed E-state index contributed by atoms with van der Waals surface area (Å²) in [5.74, 6) is 0. The molecule has 4 N–H and O–H groups in total. The third-order valence-corrected chi connectivity index (χ3v) is 4.90. The first kappa shape index (κ1) is 18.9. The van der Waals surface area contributed by atoms with E-state index in [9.17, 15) is 4.79 Å². The van der Waals surface area contributed by atoms with E-state index in [-0.39, 0.29) is 12.1 Å². The Morgan fingerprint density at radius 2 is 1.93 bits per heavy atom. The Balaban J connectivity index is 1.50. The van der Waals surface area contributed by atoms with Crippen molar-refractivity contribution in [2.24, 2.45) is 0 Å². The van der Waals surface area contributed by atoms with Crippen LogP contribution in [-0.4, -0.2) is 31.9 Å². The van der Waals surface area contributed by atoms with Gasteiger partial charge in [0.1, 0.15) is 7.85 Å². The normalized spacial score (nSPS) is 16.1. The van der Waals surface area contributed by atoms with Crippen LogP contribution in [0.15, 0.2) is 60.8 Å². The van der Waals surface area contributed by atoms with Crippen molar-refractivity contribution in [3.8, 4) is 0 Å². The zero-order valence-corrected chi connectivity index (χ0v) is 15.4. The third-order valence-electron chi connectivity index (χ3n) is 4.90. The molecule has 1 aliphatic rings. The number of likely N-dealkylation sites (tertiary alicyclic amines) is 1. The standard InChI is InChI=1S/C21H25BN4O/c1-15(13-24-21(27)25-14-16-8-10-17(23)11-9-16)26-12-4-7-20(26)18-5-2-3-6-19(18)22/h2-3,5-6,8-11,20H,1,4,7,12-14,23H2,(H2,24,25,27). The van der Waals surface area contributed by atoms with Crippen LogP contribution in [-0.2, 0) is 6.54 Å². The van der Waals surface area contributed by atoms with Crippen LogP contribution in [0.3, 0.4) is 0 Å². The van der Waals surface area contributed by atoms with Gasteiger partial charge in [-0.3, -0.25) is 0 Å². The van der Waals surface area contributed by atoms with Crippen LogP contribution in [0, 0.1) is 0 Å². The predicted molar refractivity (Wildman–Crippen MR) is 111 cm³/mol. The van der Waals surface area contributed by atoms with Gasteiger partial charge >= 0.3 is 6.03 Å². The Labute approximate surface area is 162 Å². The predicted octanol–water partition coefficient (Wildman–Crippen LogP) is 2.21. The molecule has 1 saturated heterocycles. The van der Waals surface area contributed by atoms with Gasteiger partial charge in [0.15, 0.2) is 0 Å². The van der Waals surface area contributed by atoms with Gasteiger partial charge in [-0.25, -0.2) is 4.79 Å². The highest BCUT2D eigenvalue weighted by Gasteiger charge is 2.27. The lowest BCUT2D eigenvalue weighted by molar-refractivity contribution is 0.239. The summed E-state index contributed by atoms with van der Waals surface area (Å²) in [6, 6.07) is 15.4. The Bertz CT molecular complexity index is 806. The number of anilines is 1. The number of rotatable bonds is 6. The quantitative estimate of drug-likeness (QED) is 0.547. The van der Waals surface area contributed by atoms with Gasteiger partial charge in [-0.15, -0.1) is 0 Å². The molecule has 3 rings (SSSR count). The van der Waals surface area contributed by atoms with Gasteiger partial charge in [0.2, 0.25) is 0 Å². The summed E-state index contributed by atoms with van der Waals surface area (Å²) in [5.41, 5.74) is 10.2. The molecule has 0 bridgehead atoms. The first-order valence-electron chi connectivity index (χ1n) is 9.19. The lowest BCUT2D eigenvalue weighted by Crippen LogP contribution is -2.39. The Hall–Kier alpha value is -2.89. The first-order valence-corrected chi connectivity index (χ1v) is 9.19. The SMILES string of the molecule is [B]c1ccccc1C1CCCN1C(=C)CNC(=O)NCc1ccc(N)cc1. The monoisotopic (exact) mass is 360 g/mol. The van der Waals surface area contributed by atoms with E-state index in [4.69, 9.17) is 13.6 Å². The van der Waals surface area contributed by atoms with Crippen LogP contribution in [0.4, 0.5) is 10.5 Å². The molecule has 1 unspecified atom stereocenters. The molecule has 5 nitrogen and oxygen atoms in total. The maximum atomic E-state index is 12.1. The van der Waals surface area contributed by atoms with Crippen molar-refractivity contribution in [1.82, 2.24) is 15.5 Å². The minimum Gasteiger partial charge on any atom is -0.399 e. The molecular weight excluding hydrogens is 335 g/mol. The minimum atomic E-state index is -0.219. The van der Waals surface area contributed by atoms with Crippen molar-refractivity contribution in [2.75, 3.05) is 18.8 Å². The number of carbonyl (C=O) groups excluding carboxylic acids is 1. The topological polar surface area (TPSA) is 70.4 Å². The van der Waals surface area contributed by atoms with Crippen LogP contribution in [0.25, 0.3) is 0 Å². The molecule has 0 aliphatic carbocycles. The molecule has 0 saturated carbocycles. The average molecular weight is 360 g/mol. The summed E-state index contributed by atoms with van der Waals surface area (Å²) in [6.45, 7) is 5.94. The molecule has 0 aromatic heterocycles. The van der Waals surface area contributed by atoms with E-state index in [1.165, 1.54) is 0 Å². The fraction of sp³-hybridized carbons (Fsp3) is 0.286. The molecule has 27 heavy (non-hydrogen) atoms. The van der Waals surface area contributed by atoms with Gasteiger partial charge in [0, 0.05) is 24.5 Å². The minimum absolute atomic E-state index is 0.219. The number of benzene rings is 2. The number of hydrogen-bond acceptors (Lipinski definition) is 3. The fourth-order valence-corrected chi connectivity index (χ4v) is 3.45. The first-order chi connectivity index (χ1) is 13.0. The second-order valence-corrected chi connectivity index (χ2v) is 6.82. The Morgan fingerprint density at radius 3 is 2.67 bits per heavy atom. The summed E-state index contributed by atoms with van der Waals surface area (Å²) < 4.78 is 0. The van der Waals surface area contributed by atoms with Gasteiger partial charge in [-0.2, -0.15) is 0 Å². The molecule has 1 fully saturated rings. The highest BCUT2D eigenvalue weighted by Crippen LogP contribution is 2.33. The third kappa shape index (κ3) is 4.85. The van der Waals surface area contributed by atoms with E-state index in [1.807, 2.05) is 42.5 Å². The van der Waals surface area contributed by atoms with Crippen molar-refractivity contribution in [3.63, 3.8) is 0 Å². The van der Waals surface area contributed by atoms with Crippen LogP contribution in [0.2, 0.25) is 0 Å². The van der Waals surface area contributed by atoms with Gasteiger partial charge in [0.25, 0.3) is 0 Å². The van der Waals surface area contributed by atoms with Crippen molar-refractivity contribution in [3.05, 3.63) is 71.9 Å². The Morgan fingerprint density at radius 1 is 1.19 bits per heavy atom. The molecule has 1 heterocycles. The van der Waals surface area contributed by atoms with Crippen molar-refractivity contribution >= 4 is 25.0 Å². The van der Waals surface area contributed by atoms with Gasteiger partial charge in [0.05, 0.1) is 12.6 Å². The lowest BCUT2D eigenvalue weighted by atomic mass is 9.86. The van der Waals surface area contributed by atoms with Gasteiger partial charge in [-0.1, -0.05) is 48.4 Å². The smallest absolute Gasteiger partial charge is 0.315 e. The number of hydrogen-bond donors (Lipinski definition) is 3. The van der Waals surface area contributed by atoms with Gasteiger partial charge in [-0.05, 0) is 36.1 Å². The molecule has 1 aliphatic heterocycles. The number of nitrogen functional groups attached to an aromatic ring is 1. The average Bonchev–Trinajstić information content (AvgIpc) is 3.15. The second-order valence-electron chi connectivity index (χ2n) is 6.82. The van der Waals surface area contributed by atoms with Crippen molar-refractivity contribution < 1.29 is 4.79 Å². The zero-order chi connectivity index (χ0) is 19.2. The number of nitrogens with one attached hydrogen (secondary N) is 2. The van der Waals surface area contributed by atoms with E-state index in [1.54, 1.807) is 0 Å². The largest absolute Gasteiger partial charge is 0.399 e. The molecule has 2 aromatic carbocycles. The van der Waals surface area contributed by atoms with E-state index < -0.39 is 0 Å². The lowest BCUT2D eigenvalue weighted by Gasteiger charge is -2.30. The van der Waals surface area contributed by atoms with E-state index in [0.717, 1.165) is 41.7 Å². The zero-order valence-electron chi connectivity index (χ0n) is 15.4. The van der Waals surface area contributed by atoms with Crippen LogP contribution in [0.5, 0.6) is 0 Å². The molecule has 138 valence electrons. The van der Waals surface area contributed by atoms with E-state index >= 15 is 0 Å². The maximum Gasteiger partial charge on any atom is 0.315 e. The van der Waals surface area contributed by atoms with Crippen molar-refractivity contribution in [2.45, 2.75) is 25.4 Å². The molecule has 6 heteroatoms. The number of carbonyl (C=O) groups is 1. The summed E-state index contributed by atoms with van der Waals surface area (Å²) in [5, 5.41) is 5.73. The fourth-order valence-electron chi connectivity index (χ4n) is 3.45. The van der Waals surface area contributed by atoms with E-state index in [0.29, 0.717) is 18.8 Å². The summed E-state index contributed by atoms with van der Waals surface area (Å²) in [6.07, 6.45) is 2.12. The molecule has 2 aromatic rings. The summed E-state index contributed by atoms with van der Waals surface area (Å²) >= 11 is 0. The van der Waals surface area contributed by atoms with Crippen LogP contribution in [0.1, 0.15) is 30.0 Å². The van der Waals surface area contributed by atoms with E-state index in [2.05, 4.69) is 28.2 Å². The number of amides is 2. The highest BCUT2D eigenvalue weighted by molar-refractivity contribution is 6.33. The molecule has 2 amide bonds. The molecular formula is C21H25BN4O. The van der Waals surface area contributed by atoms with Crippen LogP contribution < -0.4 is 21.8 Å². The maximum absolute atomic E-state index is 12.1. The molecule has 1 atom stereocenters. The summed E-state index contributed by atoms with van der Waals surface area (Å²) in [4.78, 5) is 14.3. The number of nitrogens with two attached hydrogens (primary N) is 1. The van der Waals surface area contributed by atoms with Crippen molar-refractivity contribution in [1.29, 1.82) is 0 Å².